The number of unbranched alkanes of at least 4 members (excludes halogenated alkanes) is 36. The van der Waals surface area contributed by atoms with Gasteiger partial charge in [-0.3, -0.25) is 9.59 Å². The Morgan fingerprint density at radius 3 is 0.682 bits per heavy atom. The van der Waals surface area contributed by atoms with Crippen LogP contribution in [0.25, 0.3) is 0 Å². The van der Waals surface area contributed by atoms with Gasteiger partial charge in [-0.15, -0.1) is 0 Å². The van der Waals surface area contributed by atoms with E-state index in [1.807, 2.05) is 0 Å². The van der Waals surface area contributed by atoms with Gasteiger partial charge in [0.2, 0.25) is 0 Å². The second-order valence-electron chi connectivity index (χ2n) is 24.6. The van der Waals surface area contributed by atoms with Crippen LogP contribution in [0.5, 0.6) is 0 Å². The molecular weight excluding hydrogens is 1080 g/mol. The number of carbonyl (C=O) groups excluding carboxylic acids is 2. The first-order valence-electron chi connectivity index (χ1n) is 37.4. The molecule has 0 heterocycles. The molecule has 0 amide bonds. The van der Waals surface area contributed by atoms with Crippen LogP contribution in [0, 0.1) is 0 Å². The van der Waals surface area contributed by atoms with Gasteiger partial charge in [0.05, 0.1) is 6.61 Å². The summed E-state index contributed by atoms with van der Waals surface area (Å²) >= 11 is 0. The van der Waals surface area contributed by atoms with Crippen LogP contribution >= 0.6 is 0 Å². The summed E-state index contributed by atoms with van der Waals surface area (Å²) in [6, 6.07) is 0. The minimum Gasteiger partial charge on any atom is -0.462 e. The second-order valence-corrected chi connectivity index (χ2v) is 24.6. The molecule has 0 aromatic heterocycles. The molecule has 0 aliphatic rings. The van der Waals surface area contributed by atoms with E-state index < -0.39 is 6.10 Å². The Bertz CT molecular complexity index is 1810. The fourth-order valence-electron chi connectivity index (χ4n) is 10.6. The van der Waals surface area contributed by atoms with Gasteiger partial charge in [0.25, 0.3) is 0 Å². The van der Waals surface area contributed by atoms with E-state index in [2.05, 4.69) is 160 Å². The highest BCUT2D eigenvalue weighted by atomic mass is 16.6. The highest BCUT2D eigenvalue weighted by molar-refractivity contribution is 5.70. The highest BCUT2D eigenvalue weighted by Crippen LogP contribution is 2.18. The van der Waals surface area contributed by atoms with E-state index in [1.54, 1.807) is 0 Å². The molecule has 0 aromatic carbocycles. The summed E-state index contributed by atoms with van der Waals surface area (Å²) in [6.07, 6.45) is 116. The monoisotopic (exact) mass is 1220 g/mol. The van der Waals surface area contributed by atoms with Gasteiger partial charge in [-0.1, -0.05) is 365 Å². The number of carbonyl (C=O) groups is 2. The minimum atomic E-state index is -0.779. The molecule has 0 aliphatic heterocycles. The molecule has 0 aliphatic carbocycles. The number of esters is 2. The van der Waals surface area contributed by atoms with E-state index in [0.717, 1.165) is 116 Å². The summed E-state index contributed by atoms with van der Waals surface area (Å²) in [4.78, 5) is 24.7. The lowest BCUT2D eigenvalue weighted by molar-refractivity contribution is -0.161. The van der Waals surface area contributed by atoms with Crippen molar-refractivity contribution in [3.05, 3.63) is 146 Å². The molecule has 0 saturated heterocycles. The van der Waals surface area contributed by atoms with Crippen molar-refractivity contribution in [2.75, 3.05) is 13.2 Å². The maximum atomic E-state index is 12.4. The largest absolute Gasteiger partial charge is 0.462 e. The maximum Gasteiger partial charge on any atom is 0.306 e. The van der Waals surface area contributed by atoms with Crippen molar-refractivity contribution in [1.82, 2.24) is 0 Å². The summed E-state index contributed by atoms with van der Waals surface area (Å²) in [5, 5.41) is 9.72. The predicted molar refractivity (Wildman–Crippen MR) is 389 cm³/mol. The van der Waals surface area contributed by atoms with Gasteiger partial charge in [0.1, 0.15) is 6.61 Å². The molecule has 0 bridgehead atoms. The van der Waals surface area contributed by atoms with Gasteiger partial charge in [0.15, 0.2) is 6.10 Å². The zero-order valence-electron chi connectivity index (χ0n) is 57.7. The van der Waals surface area contributed by atoms with Gasteiger partial charge in [-0.2, -0.15) is 0 Å². The third-order valence-electron chi connectivity index (χ3n) is 16.1. The molecule has 1 atom stereocenters. The third kappa shape index (κ3) is 74.2. The van der Waals surface area contributed by atoms with Crippen LogP contribution in [0.1, 0.15) is 348 Å². The molecule has 88 heavy (non-hydrogen) atoms. The molecule has 1 N–H and O–H groups in total. The number of ether oxygens (including phenoxy) is 2. The number of hydrogen-bond acceptors (Lipinski definition) is 5. The molecule has 502 valence electrons. The lowest BCUT2D eigenvalue weighted by Crippen LogP contribution is -2.28. The highest BCUT2D eigenvalue weighted by Gasteiger charge is 2.16. The van der Waals surface area contributed by atoms with Crippen molar-refractivity contribution in [2.24, 2.45) is 0 Å². The third-order valence-corrected chi connectivity index (χ3v) is 16.1. The van der Waals surface area contributed by atoms with Crippen LogP contribution in [0.15, 0.2) is 146 Å². The second kappa shape index (κ2) is 77.0. The van der Waals surface area contributed by atoms with Crippen molar-refractivity contribution in [3.8, 4) is 0 Å². The Labute approximate surface area is 546 Å². The van der Waals surface area contributed by atoms with Gasteiger partial charge in [-0.05, 0) is 116 Å². The smallest absolute Gasteiger partial charge is 0.306 e. The first-order chi connectivity index (χ1) is 43.6. The molecule has 1 unspecified atom stereocenters. The number of aliphatic hydroxyl groups is 1. The average Bonchev–Trinajstić information content (AvgIpc) is 3.54. The van der Waals surface area contributed by atoms with E-state index in [9.17, 15) is 14.7 Å². The first kappa shape index (κ1) is 83.8. The normalized spacial score (nSPS) is 13.1. The standard InChI is InChI=1S/C83H140O5/c1-3-5-7-9-11-13-15-17-19-21-23-25-27-29-31-33-35-37-39-40-41-42-44-46-48-50-52-54-56-58-60-62-64-66-68-70-72-74-76-78-83(86)88-81(79-84)80-87-82(85)77-75-73-71-69-67-65-63-61-59-57-55-53-51-49-47-45-43-38-36-34-32-30-28-26-24-22-20-18-16-14-12-10-8-6-4-2/h5-8,11-14,17-20,23-26,29-32,35-38,81,84H,3-4,9-10,15-16,21-22,27-28,33-34,39-80H2,1-2H3/b7-5-,8-6-,13-11-,14-12-,19-17-,20-18-,25-23-,26-24-,31-29-,32-30-,37-35-,38-36-. The average molecular weight is 1220 g/mol. The Morgan fingerprint density at radius 1 is 0.261 bits per heavy atom. The molecule has 5 heteroatoms. The molecule has 0 saturated carbocycles. The van der Waals surface area contributed by atoms with E-state index in [-0.39, 0.29) is 25.2 Å². The van der Waals surface area contributed by atoms with Crippen molar-refractivity contribution in [2.45, 2.75) is 354 Å². The topological polar surface area (TPSA) is 72.8 Å². The summed E-state index contributed by atoms with van der Waals surface area (Å²) in [5.41, 5.74) is 0. The van der Waals surface area contributed by atoms with Gasteiger partial charge in [-0.25, -0.2) is 0 Å². The lowest BCUT2D eigenvalue weighted by atomic mass is 10.0. The van der Waals surface area contributed by atoms with Crippen LogP contribution in [-0.4, -0.2) is 36.4 Å². The van der Waals surface area contributed by atoms with E-state index >= 15 is 0 Å². The summed E-state index contributed by atoms with van der Waals surface area (Å²) in [7, 11) is 0. The minimum absolute atomic E-state index is 0.0676. The van der Waals surface area contributed by atoms with E-state index in [4.69, 9.17) is 9.47 Å². The summed E-state index contributed by atoms with van der Waals surface area (Å²) in [5.74, 6) is -0.580. The fourth-order valence-corrected chi connectivity index (χ4v) is 10.6. The molecule has 0 radical (unpaired) electrons. The Balaban J connectivity index is 3.45. The summed E-state index contributed by atoms with van der Waals surface area (Å²) < 4.78 is 10.8. The quantitative estimate of drug-likeness (QED) is 0.0373. The van der Waals surface area contributed by atoms with Crippen molar-refractivity contribution in [3.63, 3.8) is 0 Å². The van der Waals surface area contributed by atoms with Crippen LogP contribution in [0.3, 0.4) is 0 Å². The van der Waals surface area contributed by atoms with Crippen molar-refractivity contribution in [1.29, 1.82) is 0 Å². The molecule has 0 rings (SSSR count). The lowest BCUT2D eigenvalue weighted by Gasteiger charge is -2.15. The number of hydrogen-bond donors (Lipinski definition) is 1. The zero-order valence-corrected chi connectivity index (χ0v) is 57.7. The van der Waals surface area contributed by atoms with E-state index in [1.165, 1.54) is 205 Å². The zero-order chi connectivity index (χ0) is 63.3. The Kier molecular flexibility index (Phi) is 73.3. The Hall–Kier alpha value is -4.22. The molecule has 0 fully saturated rings. The van der Waals surface area contributed by atoms with E-state index in [0.29, 0.717) is 12.8 Å². The van der Waals surface area contributed by atoms with Crippen LogP contribution in [0.4, 0.5) is 0 Å². The maximum absolute atomic E-state index is 12.4. The Morgan fingerprint density at radius 2 is 0.455 bits per heavy atom. The van der Waals surface area contributed by atoms with Gasteiger partial charge in [0, 0.05) is 12.8 Å². The van der Waals surface area contributed by atoms with Crippen LogP contribution < -0.4 is 0 Å². The molecular formula is C83H140O5. The number of aliphatic hydroxyl groups excluding tert-OH is 1. The van der Waals surface area contributed by atoms with Crippen LogP contribution in [-0.2, 0) is 19.1 Å². The predicted octanol–water partition coefficient (Wildman–Crippen LogP) is 26.4. The summed E-state index contributed by atoms with van der Waals surface area (Å²) in [6.45, 7) is 3.94. The van der Waals surface area contributed by atoms with Crippen molar-refractivity contribution >= 4 is 11.9 Å². The molecule has 0 aromatic rings. The molecule has 5 nitrogen and oxygen atoms in total. The van der Waals surface area contributed by atoms with Crippen LogP contribution in [0.2, 0.25) is 0 Å². The first-order valence-corrected chi connectivity index (χ1v) is 37.4. The SMILES string of the molecule is CC/C=C\C/C=C\C/C=C\C/C=C\C/C=C\C/C=C\CCCCCCCCCCCCCCCCCCCCCCC(=O)OC(CO)COC(=O)CCCCCCCCCCCCCCCCCC/C=C\C/C=C\C/C=C\C/C=C\C/C=C\C/C=C\CC. The van der Waals surface area contributed by atoms with Gasteiger partial charge < -0.3 is 14.6 Å². The van der Waals surface area contributed by atoms with Crippen molar-refractivity contribution < 1.29 is 24.2 Å². The number of allylic oxidation sites excluding steroid dienone is 24. The fraction of sp³-hybridized carbons (Fsp3) is 0.687. The van der Waals surface area contributed by atoms with Gasteiger partial charge >= 0.3 is 11.9 Å². The molecule has 0 spiro atoms. The number of rotatable bonds is 68.